The third-order valence-electron chi connectivity index (χ3n) is 4.01. The maximum Gasteiger partial charge on any atom is 0.254 e. The van der Waals surface area contributed by atoms with Gasteiger partial charge in [-0.1, -0.05) is 58.7 Å². The minimum absolute atomic E-state index is 0.183. The Morgan fingerprint density at radius 1 is 1.07 bits per heavy atom. The molecule has 0 radical (unpaired) electrons. The summed E-state index contributed by atoms with van der Waals surface area (Å²) in [6.07, 6.45) is 0. The molecule has 1 amide bonds. The van der Waals surface area contributed by atoms with Crippen molar-refractivity contribution in [3.63, 3.8) is 0 Å². The number of amides is 1. The number of carbonyl (C=O) groups excluding carboxylic acids is 1. The maximum absolute atomic E-state index is 13.1. The molecule has 0 bridgehead atoms. The van der Waals surface area contributed by atoms with Gasteiger partial charge in [-0.25, -0.2) is 0 Å². The molecule has 140 valence electrons. The summed E-state index contributed by atoms with van der Waals surface area (Å²) in [5.41, 5.74) is 0.831. The van der Waals surface area contributed by atoms with Crippen LogP contribution in [0.15, 0.2) is 53.1 Å². The van der Waals surface area contributed by atoms with Gasteiger partial charge in [0.25, 0.3) is 5.91 Å². The average molecular weight is 404 g/mol. The largest absolute Gasteiger partial charge is 0.337 e. The lowest BCUT2D eigenvalue weighted by Crippen LogP contribution is -2.45. The number of hydrogen-bond donors (Lipinski definition) is 0. The van der Waals surface area contributed by atoms with E-state index in [-0.39, 0.29) is 12.5 Å². The smallest absolute Gasteiger partial charge is 0.254 e. The van der Waals surface area contributed by atoms with Gasteiger partial charge in [-0.15, -0.1) is 0 Å². The highest BCUT2D eigenvalue weighted by molar-refractivity contribution is 6.42. The van der Waals surface area contributed by atoms with Gasteiger partial charge in [-0.3, -0.25) is 4.79 Å². The molecule has 0 fully saturated rings. The monoisotopic (exact) mass is 403 g/mol. The van der Waals surface area contributed by atoms with E-state index in [1.165, 1.54) is 0 Å². The summed E-state index contributed by atoms with van der Waals surface area (Å²) < 4.78 is 5.37. The van der Waals surface area contributed by atoms with E-state index < -0.39 is 5.54 Å². The number of benzene rings is 2. The highest BCUT2D eigenvalue weighted by Gasteiger charge is 2.29. The molecule has 0 saturated carbocycles. The van der Waals surface area contributed by atoms with Gasteiger partial charge >= 0.3 is 0 Å². The van der Waals surface area contributed by atoms with Crippen molar-refractivity contribution in [1.29, 1.82) is 0 Å². The van der Waals surface area contributed by atoms with Crippen molar-refractivity contribution < 1.29 is 9.32 Å². The summed E-state index contributed by atoms with van der Waals surface area (Å²) in [6.45, 7) is 6.01. The number of halogens is 2. The lowest BCUT2D eigenvalue weighted by atomic mass is 10.0. The number of aromatic nitrogens is 2. The third kappa shape index (κ3) is 4.49. The maximum atomic E-state index is 13.1. The van der Waals surface area contributed by atoms with E-state index in [1.54, 1.807) is 23.1 Å². The molecule has 0 N–H and O–H groups in total. The molecule has 3 aromatic rings. The van der Waals surface area contributed by atoms with Crippen LogP contribution in [0.5, 0.6) is 0 Å². The van der Waals surface area contributed by atoms with Crippen LogP contribution in [0.25, 0.3) is 11.4 Å². The summed E-state index contributed by atoms with van der Waals surface area (Å²) in [7, 11) is 0. The first-order chi connectivity index (χ1) is 12.8. The highest BCUT2D eigenvalue weighted by Crippen LogP contribution is 2.26. The predicted molar refractivity (Wildman–Crippen MR) is 106 cm³/mol. The Balaban J connectivity index is 1.87. The number of rotatable bonds is 4. The van der Waals surface area contributed by atoms with Crippen LogP contribution in [0.3, 0.4) is 0 Å². The van der Waals surface area contributed by atoms with E-state index in [1.807, 2.05) is 51.1 Å². The second kappa shape index (κ2) is 7.71. The first-order valence-corrected chi connectivity index (χ1v) is 9.16. The van der Waals surface area contributed by atoms with Crippen LogP contribution in [0.4, 0.5) is 0 Å². The third-order valence-corrected chi connectivity index (χ3v) is 4.75. The zero-order valence-corrected chi connectivity index (χ0v) is 16.8. The second-order valence-corrected chi connectivity index (χ2v) is 7.88. The first kappa shape index (κ1) is 19.4. The lowest BCUT2D eigenvalue weighted by molar-refractivity contribution is 0.0526. The number of nitrogens with zero attached hydrogens (tertiary/aromatic N) is 3. The van der Waals surface area contributed by atoms with Gasteiger partial charge in [0.05, 0.1) is 10.0 Å². The molecule has 0 atom stereocenters. The van der Waals surface area contributed by atoms with Crippen molar-refractivity contribution in [2.24, 2.45) is 0 Å². The predicted octanol–water partition coefficient (Wildman–Crippen LogP) is 5.48. The molecular weight excluding hydrogens is 385 g/mol. The summed E-state index contributed by atoms with van der Waals surface area (Å²) in [4.78, 5) is 19.2. The molecule has 7 heteroatoms. The molecular formula is C20H19Cl2N3O2. The van der Waals surface area contributed by atoms with Crippen LogP contribution in [0.2, 0.25) is 10.0 Å². The minimum atomic E-state index is -0.468. The van der Waals surface area contributed by atoms with Crippen LogP contribution < -0.4 is 0 Å². The van der Waals surface area contributed by atoms with Crippen molar-refractivity contribution >= 4 is 29.1 Å². The van der Waals surface area contributed by atoms with Crippen LogP contribution >= 0.6 is 23.2 Å². The van der Waals surface area contributed by atoms with Crippen molar-refractivity contribution in [1.82, 2.24) is 15.0 Å². The van der Waals surface area contributed by atoms with Crippen molar-refractivity contribution in [3.8, 4) is 11.4 Å². The molecule has 27 heavy (non-hydrogen) atoms. The van der Waals surface area contributed by atoms with E-state index in [2.05, 4.69) is 10.1 Å². The molecule has 0 unspecified atom stereocenters. The van der Waals surface area contributed by atoms with E-state index >= 15 is 0 Å². The molecule has 5 nitrogen and oxygen atoms in total. The van der Waals surface area contributed by atoms with Gasteiger partial charge in [-0.2, -0.15) is 4.98 Å². The molecule has 0 aliphatic rings. The molecule has 0 spiro atoms. The fourth-order valence-corrected chi connectivity index (χ4v) is 2.86. The highest BCUT2D eigenvalue weighted by atomic mass is 35.5. The Labute approximate surface area is 167 Å². The molecule has 0 saturated heterocycles. The molecule has 0 aliphatic carbocycles. The molecule has 1 aromatic heterocycles. The molecule has 1 heterocycles. The Morgan fingerprint density at radius 2 is 1.78 bits per heavy atom. The van der Waals surface area contributed by atoms with E-state index in [9.17, 15) is 4.79 Å². The summed E-state index contributed by atoms with van der Waals surface area (Å²) in [6, 6.07) is 14.3. The zero-order valence-electron chi connectivity index (χ0n) is 15.2. The lowest BCUT2D eigenvalue weighted by Gasteiger charge is -2.34. The Hall–Kier alpha value is -2.37. The van der Waals surface area contributed by atoms with Crippen LogP contribution in [-0.2, 0) is 6.54 Å². The second-order valence-electron chi connectivity index (χ2n) is 7.07. The molecule has 3 rings (SSSR count). The van der Waals surface area contributed by atoms with Gasteiger partial charge in [0.1, 0.15) is 6.54 Å². The van der Waals surface area contributed by atoms with Crippen molar-refractivity contribution in [3.05, 3.63) is 70.0 Å². The van der Waals surface area contributed by atoms with Crippen LogP contribution in [0, 0.1) is 0 Å². The topological polar surface area (TPSA) is 59.2 Å². The number of carbonyl (C=O) groups is 1. The Kier molecular flexibility index (Phi) is 5.53. The fourth-order valence-electron chi connectivity index (χ4n) is 2.56. The SMILES string of the molecule is CC(C)(C)N(Cc1nc(-c2ccccc2)no1)C(=O)c1ccc(Cl)c(Cl)c1. The molecule has 2 aromatic carbocycles. The van der Waals surface area contributed by atoms with Crippen molar-refractivity contribution in [2.45, 2.75) is 32.9 Å². The zero-order chi connectivity index (χ0) is 19.6. The summed E-state index contributed by atoms with van der Waals surface area (Å²) in [5.74, 6) is 0.652. The Bertz CT molecular complexity index is 949. The van der Waals surface area contributed by atoms with Gasteiger partial charge < -0.3 is 9.42 Å². The standard InChI is InChI=1S/C20H19Cl2N3O2/c1-20(2,3)25(19(26)14-9-10-15(21)16(22)11-14)12-17-23-18(24-27-17)13-7-5-4-6-8-13/h4-11H,12H2,1-3H3. The summed E-state index contributed by atoms with van der Waals surface area (Å²) in [5, 5.41) is 4.75. The van der Waals surface area contributed by atoms with Crippen molar-refractivity contribution in [2.75, 3.05) is 0 Å². The van der Waals surface area contributed by atoms with Gasteiger partial charge in [-0.05, 0) is 39.0 Å². The van der Waals surface area contributed by atoms with Gasteiger partial charge in [0.15, 0.2) is 0 Å². The Morgan fingerprint density at radius 3 is 2.41 bits per heavy atom. The summed E-state index contributed by atoms with van der Waals surface area (Å²) >= 11 is 12.0. The molecule has 0 aliphatic heterocycles. The van der Waals surface area contributed by atoms with E-state index in [0.29, 0.717) is 27.3 Å². The van der Waals surface area contributed by atoms with Crippen LogP contribution in [-0.4, -0.2) is 26.5 Å². The van der Waals surface area contributed by atoms with Gasteiger partial charge in [0, 0.05) is 16.7 Å². The minimum Gasteiger partial charge on any atom is -0.337 e. The van der Waals surface area contributed by atoms with E-state index in [4.69, 9.17) is 27.7 Å². The quantitative estimate of drug-likeness (QED) is 0.578. The number of hydrogen-bond acceptors (Lipinski definition) is 4. The average Bonchev–Trinajstić information content (AvgIpc) is 3.10. The fraction of sp³-hybridized carbons (Fsp3) is 0.250. The van der Waals surface area contributed by atoms with E-state index in [0.717, 1.165) is 5.56 Å². The first-order valence-electron chi connectivity index (χ1n) is 8.41. The normalized spacial score (nSPS) is 11.4. The van der Waals surface area contributed by atoms with Gasteiger partial charge in [0.2, 0.25) is 11.7 Å². The van der Waals surface area contributed by atoms with Crippen LogP contribution in [0.1, 0.15) is 37.0 Å².